The van der Waals surface area contributed by atoms with Crippen LogP contribution in [0, 0.1) is 0 Å². The van der Waals surface area contributed by atoms with Crippen molar-refractivity contribution < 1.29 is 9.53 Å². The lowest BCUT2D eigenvalue weighted by Crippen LogP contribution is -2.24. The van der Waals surface area contributed by atoms with Gasteiger partial charge in [0.1, 0.15) is 5.56 Å². The van der Waals surface area contributed by atoms with E-state index in [-0.39, 0.29) is 17.7 Å². The van der Waals surface area contributed by atoms with Gasteiger partial charge in [-0.3, -0.25) is 4.79 Å². The third-order valence-electron chi connectivity index (χ3n) is 6.22. The number of carbonyl (C=O) groups excluding carboxylic acids is 1. The number of tetrazole rings is 1. The van der Waals surface area contributed by atoms with Gasteiger partial charge in [-0.15, -0.1) is 10.2 Å². The van der Waals surface area contributed by atoms with Crippen molar-refractivity contribution in [2.24, 2.45) is 0 Å². The maximum Gasteiger partial charge on any atom is 0.343 e. The van der Waals surface area contributed by atoms with Crippen LogP contribution in [0.25, 0.3) is 28.2 Å². The Balaban J connectivity index is 1.53. The van der Waals surface area contributed by atoms with Gasteiger partial charge in [-0.25, -0.2) is 4.79 Å². The lowest BCUT2D eigenvalue weighted by atomic mass is 9.98. The van der Waals surface area contributed by atoms with Crippen LogP contribution >= 0.6 is 0 Å². The highest BCUT2D eigenvalue weighted by Gasteiger charge is 2.20. The van der Waals surface area contributed by atoms with Gasteiger partial charge in [-0.2, -0.15) is 14.8 Å². The number of aryl methyl sites for hydroxylation is 1. The number of hydrogen-bond donors (Lipinski definition) is 1. The number of fused-ring (bicyclic) bond motifs is 1. The van der Waals surface area contributed by atoms with Gasteiger partial charge in [0.15, 0.2) is 5.65 Å². The van der Waals surface area contributed by atoms with Crippen molar-refractivity contribution in [1.82, 2.24) is 34.8 Å². The predicted molar refractivity (Wildman–Crippen MR) is 138 cm³/mol. The number of benzene rings is 2. The molecule has 0 amide bonds. The summed E-state index contributed by atoms with van der Waals surface area (Å²) in [4.78, 5) is 25.7. The van der Waals surface area contributed by atoms with E-state index in [9.17, 15) is 9.59 Å². The topological polar surface area (TPSA) is 120 Å². The van der Waals surface area contributed by atoms with Crippen molar-refractivity contribution in [2.45, 2.75) is 39.7 Å². The number of carbonyl (C=O) groups is 1. The first kappa shape index (κ1) is 24.1. The van der Waals surface area contributed by atoms with Gasteiger partial charge in [-0.05, 0) is 41.7 Å². The highest BCUT2D eigenvalue weighted by atomic mass is 16.5. The molecule has 2 aromatic carbocycles. The van der Waals surface area contributed by atoms with Crippen LogP contribution in [-0.4, -0.2) is 47.4 Å². The summed E-state index contributed by atoms with van der Waals surface area (Å²) < 4.78 is 8.44. The predicted octanol–water partition coefficient (Wildman–Crippen LogP) is 3.91. The fourth-order valence-corrected chi connectivity index (χ4v) is 4.41. The zero-order chi connectivity index (χ0) is 25.8. The molecule has 0 spiro atoms. The van der Waals surface area contributed by atoms with E-state index in [0.717, 1.165) is 35.1 Å². The number of rotatable bonds is 9. The molecule has 0 bridgehead atoms. The minimum Gasteiger partial charge on any atom is -0.462 e. The zero-order valence-electron chi connectivity index (χ0n) is 20.7. The first-order chi connectivity index (χ1) is 18.1. The Morgan fingerprint density at radius 2 is 1.84 bits per heavy atom. The van der Waals surface area contributed by atoms with Gasteiger partial charge in [0.05, 0.1) is 12.8 Å². The van der Waals surface area contributed by atoms with E-state index in [1.807, 2.05) is 59.3 Å². The molecule has 1 N–H and O–H groups in total. The van der Waals surface area contributed by atoms with Crippen LogP contribution in [0.2, 0.25) is 0 Å². The highest BCUT2D eigenvalue weighted by molar-refractivity contribution is 5.95. The van der Waals surface area contributed by atoms with Gasteiger partial charge in [0.25, 0.3) is 5.56 Å². The van der Waals surface area contributed by atoms with Crippen LogP contribution in [-0.2, 0) is 17.7 Å². The standard InChI is InChI=1S/C27H27N7O3/c1-3-5-8-20-17-33(25-23(27(36)37-4-2)15-28-34(25)26(20)35)16-18-11-13-19(14-12-18)21-9-6-7-10-22(21)24-29-31-32-30-24/h6-7,9-15,17H,3-5,8,16H2,1-2H3,(H,29,30,31,32). The first-order valence-electron chi connectivity index (χ1n) is 12.3. The van der Waals surface area contributed by atoms with Crippen LogP contribution in [0.1, 0.15) is 48.2 Å². The summed E-state index contributed by atoms with van der Waals surface area (Å²) in [6, 6.07) is 16.0. The maximum atomic E-state index is 13.1. The van der Waals surface area contributed by atoms with Crippen molar-refractivity contribution in [3.05, 3.63) is 88.0 Å². The third-order valence-corrected chi connectivity index (χ3v) is 6.22. The number of nitrogens with zero attached hydrogens (tertiary/aromatic N) is 6. The molecule has 0 unspecified atom stereocenters. The molecule has 0 aliphatic heterocycles. The van der Waals surface area contributed by atoms with Crippen LogP contribution in [0.15, 0.2) is 65.7 Å². The fourth-order valence-electron chi connectivity index (χ4n) is 4.41. The molecule has 0 saturated heterocycles. The molecular weight excluding hydrogens is 470 g/mol. The van der Waals surface area contributed by atoms with Crippen LogP contribution in [0.5, 0.6) is 0 Å². The second kappa shape index (κ2) is 10.6. The van der Waals surface area contributed by atoms with Gasteiger partial charge < -0.3 is 9.30 Å². The molecule has 5 rings (SSSR count). The monoisotopic (exact) mass is 497 g/mol. The Morgan fingerprint density at radius 1 is 1.05 bits per heavy atom. The van der Waals surface area contributed by atoms with Crippen molar-refractivity contribution in [3.8, 4) is 22.5 Å². The second-order valence-corrected chi connectivity index (χ2v) is 8.68. The van der Waals surface area contributed by atoms with Crippen molar-refractivity contribution in [1.29, 1.82) is 0 Å². The number of H-pyrrole nitrogens is 1. The quantitative estimate of drug-likeness (QED) is 0.307. The lowest BCUT2D eigenvalue weighted by molar-refractivity contribution is 0.0528. The number of hydrogen-bond acceptors (Lipinski definition) is 7. The SMILES string of the molecule is CCCCc1cn(Cc2ccc(-c3ccccc3-c3nn[nH]n3)cc2)c2c(C(=O)OCC)cnn2c1=O. The minimum absolute atomic E-state index is 0.205. The minimum atomic E-state index is -0.500. The average molecular weight is 498 g/mol. The molecule has 3 heterocycles. The van der Waals surface area contributed by atoms with E-state index in [1.54, 1.807) is 6.92 Å². The number of aromatic amines is 1. The van der Waals surface area contributed by atoms with E-state index in [2.05, 4.69) is 32.6 Å². The Kier molecular flexibility index (Phi) is 6.89. The molecule has 5 aromatic rings. The molecule has 37 heavy (non-hydrogen) atoms. The van der Waals surface area contributed by atoms with E-state index < -0.39 is 5.97 Å². The normalized spacial score (nSPS) is 11.2. The van der Waals surface area contributed by atoms with Gasteiger partial charge >= 0.3 is 5.97 Å². The molecule has 0 radical (unpaired) electrons. The molecule has 0 aliphatic rings. The number of nitrogens with one attached hydrogen (secondary N) is 1. The summed E-state index contributed by atoms with van der Waals surface area (Å²) in [5, 5.41) is 18.7. The summed E-state index contributed by atoms with van der Waals surface area (Å²) in [6.07, 6.45) is 5.76. The van der Waals surface area contributed by atoms with Gasteiger partial charge in [0, 0.05) is 23.9 Å². The Labute approximate surface area is 212 Å². The van der Waals surface area contributed by atoms with Crippen LogP contribution in [0.3, 0.4) is 0 Å². The Bertz CT molecular complexity index is 1590. The smallest absolute Gasteiger partial charge is 0.343 e. The fraction of sp³-hybridized carbons (Fsp3) is 0.259. The third kappa shape index (κ3) is 4.77. The van der Waals surface area contributed by atoms with Gasteiger partial charge in [0.2, 0.25) is 5.82 Å². The molecule has 10 heteroatoms. The second-order valence-electron chi connectivity index (χ2n) is 8.68. The molecule has 3 aromatic heterocycles. The highest BCUT2D eigenvalue weighted by Crippen LogP contribution is 2.30. The summed E-state index contributed by atoms with van der Waals surface area (Å²) in [6.45, 7) is 4.52. The molecule has 0 aliphatic carbocycles. The molecule has 0 atom stereocenters. The van der Waals surface area contributed by atoms with E-state index >= 15 is 0 Å². The lowest BCUT2D eigenvalue weighted by Gasteiger charge is -2.14. The summed E-state index contributed by atoms with van der Waals surface area (Å²) in [5.74, 6) is 0.0301. The van der Waals surface area contributed by atoms with E-state index in [1.165, 1.54) is 10.7 Å². The summed E-state index contributed by atoms with van der Waals surface area (Å²) in [7, 11) is 0. The first-order valence-corrected chi connectivity index (χ1v) is 12.3. The van der Waals surface area contributed by atoms with Crippen LogP contribution < -0.4 is 5.56 Å². The van der Waals surface area contributed by atoms with E-state index in [4.69, 9.17) is 4.74 Å². The maximum absolute atomic E-state index is 13.1. The van der Waals surface area contributed by atoms with Gasteiger partial charge in [-0.1, -0.05) is 61.9 Å². The van der Waals surface area contributed by atoms with Crippen molar-refractivity contribution >= 4 is 11.6 Å². The number of unbranched alkanes of at least 4 members (excludes halogenated alkanes) is 1. The summed E-state index contributed by atoms with van der Waals surface area (Å²) >= 11 is 0. The molecular formula is C27H27N7O3. The molecule has 10 nitrogen and oxygen atoms in total. The molecule has 0 saturated carbocycles. The zero-order valence-corrected chi connectivity index (χ0v) is 20.7. The molecule has 188 valence electrons. The number of esters is 1. The number of ether oxygens (including phenoxy) is 1. The van der Waals surface area contributed by atoms with Crippen molar-refractivity contribution in [2.75, 3.05) is 6.61 Å². The largest absolute Gasteiger partial charge is 0.462 e. The number of aromatic nitrogens is 7. The Morgan fingerprint density at radius 3 is 2.54 bits per heavy atom. The Hall–Kier alpha value is -4.60. The average Bonchev–Trinajstić information content (AvgIpc) is 3.61. The summed E-state index contributed by atoms with van der Waals surface area (Å²) in [5.41, 5.74) is 5.04. The van der Waals surface area contributed by atoms with E-state index in [0.29, 0.717) is 30.0 Å². The van der Waals surface area contributed by atoms with Crippen molar-refractivity contribution in [3.63, 3.8) is 0 Å². The molecule has 0 fully saturated rings. The van der Waals surface area contributed by atoms with Crippen LogP contribution in [0.4, 0.5) is 0 Å².